The molecule has 0 fully saturated rings. The first-order chi connectivity index (χ1) is 6.75. The molecule has 2 rings (SSSR count). The van der Waals surface area contributed by atoms with Gasteiger partial charge in [-0.3, -0.25) is 0 Å². The van der Waals surface area contributed by atoms with Gasteiger partial charge in [0, 0.05) is 12.5 Å². The van der Waals surface area contributed by atoms with Gasteiger partial charge >= 0.3 is 5.97 Å². The molecule has 0 amide bonds. The highest BCUT2D eigenvalue weighted by molar-refractivity contribution is 5.85. The molecule has 1 aromatic rings. The lowest BCUT2D eigenvalue weighted by molar-refractivity contribution is -0.131. The monoisotopic (exact) mass is 190 g/mol. The standard InChI is InChI=1S/C11H10O3/c12-11(13)4-2-8-1-3-10-9(7-8)5-6-14-10/h1-4,7H,5-6H2,(H,12,13). The number of carbonyl (C=O) groups is 1. The number of ether oxygens (including phenoxy) is 1. The van der Waals surface area contributed by atoms with Gasteiger partial charge in [-0.1, -0.05) is 6.07 Å². The molecule has 0 unspecified atom stereocenters. The fourth-order valence-corrected chi connectivity index (χ4v) is 1.48. The SMILES string of the molecule is O=C(O)C=Cc1ccc2c(c1)CCO2. The van der Waals surface area contributed by atoms with E-state index in [2.05, 4.69) is 0 Å². The van der Waals surface area contributed by atoms with Crippen LogP contribution in [0.15, 0.2) is 24.3 Å². The average Bonchev–Trinajstić information content (AvgIpc) is 2.61. The van der Waals surface area contributed by atoms with Crippen molar-refractivity contribution in [3.63, 3.8) is 0 Å². The largest absolute Gasteiger partial charge is 0.493 e. The molecular formula is C11H10O3. The Morgan fingerprint density at radius 1 is 1.50 bits per heavy atom. The van der Waals surface area contributed by atoms with E-state index in [-0.39, 0.29) is 0 Å². The minimum absolute atomic E-state index is 0.724. The number of hydrogen-bond acceptors (Lipinski definition) is 2. The summed E-state index contributed by atoms with van der Waals surface area (Å²) in [5.74, 6) is -0.0146. The molecule has 0 atom stereocenters. The topological polar surface area (TPSA) is 46.5 Å². The van der Waals surface area contributed by atoms with Crippen LogP contribution in [0.1, 0.15) is 11.1 Å². The molecule has 1 aliphatic rings. The Morgan fingerprint density at radius 2 is 2.36 bits per heavy atom. The zero-order chi connectivity index (χ0) is 9.97. The maximum Gasteiger partial charge on any atom is 0.328 e. The highest BCUT2D eigenvalue weighted by Gasteiger charge is 2.10. The zero-order valence-electron chi connectivity index (χ0n) is 7.56. The number of carboxylic acid groups (broad SMARTS) is 1. The summed E-state index contributed by atoms with van der Waals surface area (Å²) >= 11 is 0. The van der Waals surface area contributed by atoms with Crippen molar-refractivity contribution in [2.45, 2.75) is 6.42 Å². The fraction of sp³-hybridized carbons (Fsp3) is 0.182. The van der Waals surface area contributed by atoms with E-state index in [1.807, 2.05) is 18.2 Å². The smallest absolute Gasteiger partial charge is 0.328 e. The summed E-state index contributed by atoms with van der Waals surface area (Å²) in [4.78, 5) is 10.3. The summed E-state index contributed by atoms with van der Waals surface area (Å²) < 4.78 is 5.34. The van der Waals surface area contributed by atoms with Crippen molar-refractivity contribution >= 4 is 12.0 Å². The number of hydrogen-bond donors (Lipinski definition) is 1. The number of aliphatic carboxylic acids is 1. The summed E-state index contributed by atoms with van der Waals surface area (Å²) in [6.45, 7) is 0.724. The Kier molecular flexibility index (Phi) is 2.23. The lowest BCUT2D eigenvalue weighted by Crippen LogP contribution is -1.86. The second kappa shape index (κ2) is 3.54. The normalized spacial score (nSPS) is 14.0. The molecule has 0 saturated heterocycles. The van der Waals surface area contributed by atoms with E-state index < -0.39 is 5.97 Å². The maximum atomic E-state index is 10.3. The minimum atomic E-state index is -0.929. The Bertz CT molecular complexity index is 394. The van der Waals surface area contributed by atoms with E-state index >= 15 is 0 Å². The van der Waals surface area contributed by atoms with Gasteiger partial charge in [0.2, 0.25) is 0 Å². The molecule has 1 N–H and O–H groups in total. The molecule has 1 aromatic carbocycles. The van der Waals surface area contributed by atoms with E-state index in [0.717, 1.165) is 36.0 Å². The van der Waals surface area contributed by atoms with Gasteiger partial charge < -0.3 is 9.84 Å². The molecular weight excluding hydrogens is 180 g/mol. The molecule has 3 heteroatoms. The Hall–Kier alpha value is -1.77. The van der Waals surface area contributed by atoms with Crippen LogP contribution >= 0.6 is 0 Å². The second-order valence-corrected chi connectivity index (χ2v) is 3.14. The first-order valence-corrected chi connectivity index (χ1v) is 4.42. The molecule has 72 valence electrons. The van der Waals surface area contributed by atoms with Crippen LogP contribution in [0.4, 0.5) is 0 Å². The van der Waals surface area contributed by atoms with Gasteiger partial charge in [-0.2, -0.15) is 0 Å². The van der Waals surface area contributed by atoms with Crippen molar-refractivity contribution in [1.82, 2.24) is 0 Å². The average molecular weight is 190 g/mol. The van der Waals surface area contributed by atoms with Crippen molar-refractivity contribution in [3.8, 4) is 5.75 Å². The lowest BCUT2D eigenvalue weighted by atomic mass is 10.1. The summed E-state index contributed by atoms with van der Waals surface area (Å²) in [5, 5.41) is 8.46. The zero-order valence-corrected chi connectivity index (χ0v) is 7.56. The third-order valence-corrected chi connectivity index (χ3v) is 2.13. The van der Waals surface area contributed by atoms with Crippen LogP contribution in [-0.4, -0.2) is 17.7 Å². The molecule has 14 heavy (non-hydrogen) atoms. The van der Waals surface area contributed by atoms with Crippen LogP contribution in [0, 0.1) is 0 Å². The van der Waals surface area contributed by atoms with Crippen LogP contribution in [0.3, 0.4) is 0 Å². The van der Waals surface area contributed by atoms with Crippen molar-refractivity contribution < 1.29 is 14.6 Å². The Morgan fingerprint density at radius 3 is 3.14 bits per heavy atom. The van der Waals surface area contributed by atoms with Crippen molar-refractivity contribution in [3.05, 3.63) is 35.4 Å². The van der Waals surface area contributed by atoms with Gasteiger partial charge in [-0.05, 0) is 29.3 Å². The molecule has 0 bridgehead atoms. The highest BCUT2D eigenvalue weighted by atomic mass is 16.5. The van der Waals surface area contributed by atoms with Crippen molar-refractivity contribution in [2.75, 3.05) is 6.61 Å². The van der Waals surface area contributed by atoms with Crippen LogP contribution < -0.4 is 4.74 Å². The van der Waals surface area contributed by atoms with Crippen molar-refractivity contribution in [1.29, 1.82) is 0 Å². The quantitative estimate of drug-likeness (QED) is 0.722. The predicted octanol–water partition coefficient (Wildman–Crippen LogP) is 1.72. The van der Waals surface area contributed by atoms with Gasteiger partial charge in [-0.25, -0.2) is 4.79 Å². The van der Waals surface area contributed by atoms with E-state index in [4.69, 9.17) is 9.84 Å². The number of carboxylic acids is 1. The van der Waals surface area contributed by atoms with E-state index in [9.17, 15) is 4.79 Å². The fourth-order valence-electron chi connectivity index (χ4n) is 1.48. The summed E-state index contributed by atoms with van der Waals surface area (Å²) in [6, 6.07) is 5.69. The lowest BCUT2D eigenvalue weighted by Gasteiger charge is -1.98. The van der Waals surface area contributed by atoms with Gasteiger partial charge in [0.05, 0.1) is 6.61 Å². The molecule has 0 saturated carbocycles. The Labute approximate surface area is 81.6 Å². The van der Waals surface area contributed by atoms with Gasteiger partial charge in [0.25, 0.3) is 0 Å². The highest BCUT2D eigenvalue weighted by Crippen LogP contribution is 2.26. The number of rotatable bonds is 2. The molecule has 0 radical (unpaired) electrons. The Balaban J connectivity index is 2.25. The number of benzene rings is 1. The van der Waals surface area contributed by atoms with Crippen LogP contribution in [0.25, 0.3) is 6.08 Å². The molecule has 0 aliphatic carbocycles. The molecule has 3 nitrogen and oxygen atoms in total. The first kappa shape index (κ1) is 8.81. The third kappa shape index (κ3) is 1.76. The molecule has 1 aliphatic heterocycles. The summed E-state index contributed by atoms with van der Waals surface area (Å²) in [6.07, 6.45) is 3.63. The molecule has 0 aromatic heterocycles. The van der Waals surface area contributed by atoms with Crippen molar-refractivity contribution in [2.24, 2.45) is 0 Å². The summed E-state index contributed by atoms with van der Waals surface area (Å²) in [7, 11) is 0. The first-order valence-electron chi connectivity index (χ1n) is 4.42. The second-order valence-electron chi connectivity index (χ2n) is 3.14. The minimum Gasteiger partial charge on any atom is -0.493 e. The van der Waals surface area contributed by atoms with Crippen LogP contribution in [0.5, 0.6) is 5.75 Å². The van der Waals surface area contributed by atoms with Crippen LogP contribution in [-0.2, 0) is 11.2 Å². The summed E-state index contributed by atoms with van der Waals surface area (Å²) in [5.41, 5.74) is 2.05. The van der Waals surface area contributed by atoms with E-state index in [0.29, 0.717) is 0 Å². The predicted molar refractivity (Wildman–Crippen MR) is 52.3 cm³/mol. The van der Waals surface area contributed by atoms with E-state index in [1.165, 1.54) is 0 Å². The van der Waals surface area contributed by atoms with Crippen LogP contribution in [0.2, 0.25) is 0 Å². The van der Waals surface area contributed by atoms with Gasteiger partial charge in [-0.15, -0.1) is 0 Å². The molecule has 1 heterocycles. The molecule has 0 spiro atoms. The third-order valence-electron chi connectivity index (χ3n) is 2.13. The maximum absolute atomic E-state index is 10.3. The van der Waals surface area contributed by atoms with E-state index in [1.54, 1.807) is 6.08 Å². The van der Waals surface area contributed by atoms with Gasteiger partial charge in [0.15, 0.2) is 0 Å². The number of fused-ring (bicyclic) bond motifs is 1. The van der Waals surface area contributed by atoms with Gasteiger partial charge in [0.1, 0.15) is 5.75 Å².